The van der Waals surface area contributed by atoms with E-state index in [4.69, 9.17) is 4.74 Å². The van der Waals surface area contributed by atoms with Gasteiger partial charge in [-0.1, -0.05) is 24.3 Å². The van der Waals surface area contributed by atoms with Gasteiger partial charge < -0.3 is 15.4 Å². The minimum atomic E-state index is -0.0113. The Morgan fingerprint density at radius 1 is 1.03 bits per heavy atom. The first-order valence-electron chi connectivity index (χ1n) is 9.87. The highest BCUT2D eigenvalue weighted by atomic mass is 16.5. The first-order valence-corrected chi connectivity index (χ1v) is 9.87. The van der Waals surface area contributed by atoms with Crippen molar-refractivity contribution < 1.29 is 9.53 Å². The fourth-order valence-corrected chi connectivity index (χ4v) is 3.29. The third kappa shape index (κ3) is 3.69. The molecule has 1 fully saturated rings. The van der Waals surface area contributed by atoms with Crippen LogP contribution >= 0.6 is 0 Å². The monoisotopic (exact) mass is 399 g/mol. The number of carbonyl (C=O) groups is 1. The molecule has 2 aromatic heterocycles. The number of pyridine rings is 1. The third-order valence-corrected chi connectivity index (χ3v) is 5.08. The largest absolute Gasteiger partial charge is 0.495 e. The first kappa shape index (κ1) is 18.2. The van der Waals surface area contributed by atoms with Gasteiger partial charge in [0.15, 0.2) is 5.65 Å². The number of ether oxygens (including phenoxy) is 1. The van der Waals surface area contributed by atoms with Gasteiger partial charge in [-0.3, -0.25) is 4.79 Å². The molecule has 0 atom stereocenters. The molecule has 0 unspecified atom stereocenters. The van der Waals surface area contributed by atoms with E-state index in [1.165, 1.54) is 0 Å². The average molecular weight is 399 g/mol. The minimum Gasteiger partial charge on any atom is -0.495 e. The summed E-state index contributed by atoms with van der Waals surface area (Å²) in [6.45, 7) is 0. The molecule has 0 aliphatic heterocycles. The van der Waals surface area contributed by atoms with Crippen molar-refractivity contribution in [2.75, 3.05) is 12.4 Å². The van der Waals surface area contributed by atoms with E-state index in [-0.39, 0.29) is 5.91 Å². The molecule has 0 saturated heterocycles. The summed E-state index contributed by atoms with van der Waals surface area (Å²) in [4.78, 5) is 16.7. The number of fused-ring (bicyclic) bond motifs is 1. The molecule has 1 aliphatic carbocycles. The van der Waals surface area contributed by atoms with Crippen molar-refractivity contribution >= 4 is 23.2 Å². The van der Waals surface area contributed by atoms with Crippen molar-refractivity contribution in [3.8, 4) is 16.9 Å². The number of nitrogens with zero attached hydrogens (tertiary/aromatic N) is 3. The molecular weight excluding hydrogens is 378 g/mol. The van der Waals surface area contributed by atoms with Gasteiger partial charge >= 0.3 is 0 Å². The Morgan fingerprint density at radius 3 is 2.57 bits per heavy atom. The predicted molar refractivity (Wildman–Crippen MR) is 115 cm³/mol. The fraction of sp³-hybridized carbons (Fsp3) is 0.174. The molecule has 30 heavy (non-hydrogen) atoms. The van der Waals surface area contributed by atoms with Gasteiger partial charge in [0.25, 0.3) is 5.91 Å². The van der Waals surface area contributed by atoms with Crippen LogP contribution in [0.15, 0.2) is 66.9 Å². The molecular formula is C23H21N5O2. The Labute approximate surface area is 173 Å². The molecule has 0 bridgehead atoms. The maximum atomic E-state index is 12.2. The number of rotatable bonds is 6. The van der Waals surface area contributed by atoms with Crippen molar-refractivity contribution in [1.29, 1.82) is 0 Å². The zero-order valence-electron chi connectivity index (χ0n) is 16.5. The third-order valence-electron chi connectivity index (χ3n) is 5.08. The molecule has 150 valence electrons. The molecule has 2 heterocycles. The smallest absolute Gasteiger partial charge is 0.251 e. The molecule has 0 spiro atoms. The molecule has 2 N–H and O–H groups in total. The lowest BCUT2D eigenvalue weighted by atomic mass is 10.1. The number of nitrogens with one attached hydrogen (secondary N) is 2. The summed E-state index contributed by atoms with van der Waals surface area (Å²) >= 11 is 0. The highest BCUT2D eigenvalue weighted by molar-refractivity contribution is 5.95. The van der Waals surface area contributed by atoms with Gasteiger partial charge in [-0.25, -0.2) is 4.52 Å². The number of benzene rings is 2. The van der Waals surface area contributed by atoms with Crippen LogP contribution in [0.1, 0.15) is 23.2 Å². The van der Waals surface area contributed by atoms with E-state index in [2.05, 4.69) is 20.7 Å². The molecule has 7 nitrogen and oxygen atoms in total. The maximum Gasteiger partial charge on any atom is 0.251 e. The summed E-state index contributed by atoms with van der Waals surface area (Å²) < 4.78 is 7.10. The van der Waals surface area contributed by atoms with Crippen LogP contribution in [0.3, 0.4) is 0 Å². The van der Waals surface area contributed by atoms with Crippen LogP contribution in [-0.4, -0.2) is 33.7 Å². The number of amides is 1. The standard InChI is InChI=1S/C23H21N5O2/c1-30-20-5-3-2-4-19(20)25-23-26-21-13-10-17(14-28(21)27-23)15-6-8-16(9-7-15)22(29)24-18-11-12-18/h2-10,13-14,18H,11-12H2,1H3,(H,24,29)(H,25,27). The Kier molecular flexibility index (Phi) is 4.55. The summed E-state index contributed by atoms with van der Waals surface area (Å²) in [7, 11) is 1.63. The van der Waals surface area contributed by atoms with E-state index in [0.717, 1.165) is 41.1 Å². The van der Waals surface area contributed by atoms with E-state index < -0.39 is 0 Å². The van der Waals surface area contributed by atoms with Gasteiger partial charge in [-0.15, -0.1) is 5.10 Å². The average Bonchev–Trinajstić information content (AvgIpc) is 3.50. The van der Waals surface area contributed by atoms with Crippen molar-refractivity contribution in [1.82, 2.24) is 19.9 Å². The number of carbonyl (C=O) groups excluding carboxylic acids is 1. The fourth-order valence-electron chi connectivity index (χ4n) is 3.29. The zero-order valence-corrected chi connectivity index (χ0v) is 16.5. The first-order chi connectivity index (χ1) is 14.7. The number of hydrogen-bond acceptors (Lipinski definition) is 5. The Balaban J connectivity index is 1.37. The van der Waals surface area contributed by atoms with Crippen LogP contribution in [0, 0.1) is 0 Å². The second kappa shape index (κ2) is 7.51. The van der Waals surface area contributed by atoms with Gasteiger partial charge in [0.1, 0.15) is 5.75 Å². The second-order valence-corrected chi connectivity index (χ2v) is 7.31. The van der Waals surface area contributed by atoms with E-state index in [1.54, 1.807) is 11.6 Å². The summed E-state index contributed by atoms with van der Waals surface area (Å²) in [5, 5.41) is 10.7. The van der Waals surface area contributed by atoms with Crippen molar-refractivity contribution in [3.05, 3.63) is 72.4 Å². The lowest BCUT2D eigenvalue weighted by Gasteiger charge is -2.07. The molecule has 5 rings (SSSR count). The zero-order chi connectivity index (χ0) is 20.5. The number of methoxy groups -OCH3 is 1. The van der Waals surface area contributed by atoms with Gasteiger partial charge in [0.2, 0.25) is 5.95 Å². The van der Waals surface area contributed by atoms with E-state index in [9.17, 15) is 4.79 Å². The van der Waals surface area contributed by atoms with Crippen molar-refractivity contribution in [2.45, 2.75) is 18.9 Å². The quantitative estimate of drug-likeness (QED) is 0.511. The Hall–Kier alpha value is -3.87. The molecule has 1 amide bonds. The van der Waals surface area contributed by atoms with Crippen LogP contribution in [0.5, 0.6) is 5.75 Å². The van der Waals surface area contributed by atoms with Gasteiger partial charge in [-0.2, -0.15) is 4.98 Å². The van der Waals surface area contributed by atoms with Crippen LogP contribution < -0.4 is 15.4 Å². The number of anilines is 2. The summed E-state index contributed by atoms with van der Waals surface area (Å²) in [6, 6.07) is 19.5. The SMILES string of the molecule is COc1ccccc1Nc1nc2ccc(-c3ccc(C(=O)NC4CC4)cc3)cn2n1. The molecule has 1 aliphatic rings. The summed E-state index contributed by atoms with van der Waals surface area (Å²) in [5.74, 6) is 1.20. The second-order valence-electron chi connectivity index (χ2n) is 7.31. The van der Waals surface area contributed by atoms with Crippen molar-refractivity contribution in [3.63, 3.8) is 0 Å². The Morgan fingerprint density at radius 2 is 1.80 bits per heavy atom. The van der Waals surface area contributed by atoms with Crippen molar-refractivity contribution in [2.24, 2.45) is 0 Å². The highest BCUT2D eigenvalue weighted by Gasteiger charge is 2.23. The molecule has 2 aromatic carbocycles. The lowest BCUT2D eigenvalue weighted by Crippen LogP contribution is -2.25. The molecule has 4 aromatic rings. The van der Waals surface area contributed by atoms with Crippen LogP contribution in [0.25, 0.3) is 16.8 Å². The summed E-state index contributed by atoms with van der Waals surface area (Å²) in [5.41, 5.74) is 4.21. The number of para-hydroxylation sites is 2. The highest BCUT2D eigenvalue weighted by Crippen LogP contribution is 2.26. The van der Waals surface area contributed by atoms with Gasteiger partial charge in [-0.05, 0) is 54.8 Å². The Bertz CT molecular complexity index is 1210. The molecule has 0 radical (unpaired) electrons. The van der Waals surface area contributed by atoms with E-state index in [1.807, 2.05) is 66.9 Å². The predicted octanol–water partition coefficient (Wildman–Crippen LogP) is 4.04. The molecule has 7 heteroatoms. The van der Waals surface area contributed by atoms with Crippen LogP contribution in [0.2, 0.25) is 0 Å². The number of hydrogen-bond donors (Lipinski definition) is 2. The van der Waals surface area contributed by atoms with E-state index >= 15 is 0 Å². The topological polar surface area (TPSA) is 80.5 Å². The summed E-state index contributed by atoms with van der Waals surface area (Å²) in [6.07, 6.45) is 4.08. The minimum absolute atomic E-state index is 0.0113. The normalized spacial score (nSPS) is 13.2. The number of aromatic nitrogens is 3. The molecule has 1 saturated carbocycles. The van der Waals surface area contributed by atoms with Gasteiger partial charge in [0.05, 0.1) is 12.8 Å². The lowest BCUT2D eigenvalue weighted by molar-refractivity contribution is 0.0951. The van der Waals surface area contributed by atoms with Gasteiger partial charge in [0, 0.05) is 23.4 Å². The van der Waals surface area contributed by atoms with Crippen LogP contribution in [0.4, 0.5) is 11.6 Å². The maximum absolute atomic E-state index is 12.2. The van der Waals surface area contributed by atoms with E-state index in [0.29, 0.717) is 17.6 Å². The van der Waals surface area contributed by atoms with Crippen LogP contribution in [-0.2, 0) is 0 Å².